The molecule has 3 nitrogen and oxygen atoms in total. The van der Waals surface area contributed by atoms with Gasteiger partial charge in [0.1, 0.15) is 5.69 Å². The summed E-state index contributed by atoms with van der Waals surface area (Å²) < 4.78 is 0. The Morgan fingerprint density at radius 2 is 2.45 bits per heavy atom. The Kier molecular flexibility index (Phi) is 2.60. The van der Waals surface area contributed by atoms with Crippen LogP contribution in [0.2, 0.25) is 0 Å². The zero-order chi connectivity index (χ0) is 8.10. The Hall–Kier alpha value is -1.38. The summed E-state index contributed by atoms with van der Waals surface area (Å²) in [6.45, 7) is 2.87. The van der Waals surface area contributed by atoms with Crippen molar-refractivity contribution in [1.82, 2.24) is 4.98 Å². The number of carbonyl (C=O) groups is 1. The third-order valence-electron chi connectivity index (χ3n) is 1.29. The minimum atomic E-state index is 0.464. The summed E-state index contributed by atoms with van der Waals surface area (Å²) in [6.07, 6.45) is 2.38. The number of anilines is 1. The number of nitrogens with one attached hydrogen (secondary N) is 1. The van der Waals surface area contributed by atoms with E-state index in [9.17, 15) is 4.79 Å². The van der Waals surface area contributed by atoms with Crippen LogP contribution in [0.3, 0.4) is 0 Å². The monoisotopic (exact) mass is 150 g/mol. The van der Waals surface area contributed by atoms with Crippen molar-refractivity contribution in [2.45, 2.75) is 6.92 Å². The van der Waals surface area contributed by atoms with Crippen LogP contribution in [-0.2, 0) is 0 Å². The quantitative estimate of drug-likeness (QED) is 0.661. The van der Waals surface area contributed by atoms with E-state index in [1.165, 1.54) is 0 Å². The average Bonchev–Trinajstić information content (AvgIpc) is 2.07. The SMILES string of the molecule is CCNc1ccc(C=O)nc1. The number of rotatable bonds is 3. The molecule has 0 radical (unpaired) electrons. The lowest BCUT2D eigenvalue weighted by atomic mass is 10.3. The fourth-order valence-electron chi connectivity index (χ4n) is 0.784. The highest BCUT2D eigenvalue weighted by molar-refractivity contribution is 5.72. The first-order valence-electron chi connectivity index (χ1n) is 3.52. The first-order chi connectivity index (χ1) is 5.36. The second-order valence-electron chi connectivity index (χ2n) is 2.12. The molecule has 0 fully saturated rings. The largest absolute Gasteiger partial charge is 0.384 e. The Morgan fingerprint density at radius 1 is 1.64 bits per heavy atom. The molecule has 0 aliphatic heterocycles. The molecule has 0 spiro atoms. The molecule has 1 aromatic rings. The van der Waals surface area contributed by atoms with E-state index in [2.05, 4.69) is 10.3 Å². The van der Waals surface area contributed by atoms with Gasteiger partial charge in [-0.05, 0) is 19.1 Å². The van der Waals surface area contributed by atoms with E-state index in [0.717, 1.165) is 18.5 Å². The summed E-state index contributed by atoms with van der Waals surface area (Å²) in [5.74, 6) is 0. The van der Waals surface area contributed by atoms with E-state index in [4.69, 9.17) is 0 Å². The van der Waals surface area contributed by atoms with Gasteiger partial charge in [0.25, 0.3) is 0 Å². The number of carbonyl (C=O) groups excluding carboxylic acids is 1. The molecule has 0 saturated heterocycles. The van der Waals surface area contributed by atoms with Gasteiger partial charge in [0.05, 0.1) is 11.9 Å². The van der Waals surface area contributed by atoms with E-state index in [1.54, 1.807) is 12.3 Å². The minimum absolute atomic E-state index is 0.464. The van der Waals surface area contributed by atoms with Crippen LogP contribution in [-0.4, -0.2) is 17.8 Å². The molecule has 58 valence electrons. The van der Waals surface area contributed by atoms with E-state index >= 15 is 0 Å². The molecule has 11 heavy (non-hydrogen) atoms. The fourth-order valence-corrected chi connectivity index (χ4v) is 0.784. The smallest absolute Gasteiger partial charge is 0.168 e. The van der Waals surface area contributed by atoms with Gasteiger partial charge in [-0.3, -0.25) is 9.78 Å². The fraction of sp³-hybridized carbons (Fsp3) is 0.250. The molecule has 0 bridgehead atoms. The number of pyridine rings is 1. The average molecular weight is 150 g/mol. The lowest BCUT2D eigenvalue weighted by Gasteiger charge is -2.00. The van der Waals surface area contributed by atoms with Crippen LogP contribution in [0.5, 0.6) is 0 Å². The van der Waals surface area contributed by atoms with Gasteiger partial charge < -0.3 is 5.32 Å². The summed E-state index contributed by atoms with van der Waals surface area (Å²) in [5.41, 5.74) is 1.41. The van der Waals surface area contributed by atoms with Gasteiger partial charge in [0.15, 0.2) is 6.29 Å². The molecular weight excluding hydrogens is 140 g/mol. The van der Waals surface area contributed by atoms with Crippen molar-refractivity contribution in [1.29, 1.82) is 0 Å². The molecule has 1 aromatic heterocycles. The maximum Gasteiger partial charge on any atom is 0.168 e. The van der Waals surface area contributed by atoms with Crippen LogP contribution in [0.4, 0.5) is 5.69 Å². The Bertz CT molecular complexity index is 230. The number of aromatic nitrogens is 1. The number of hydrogen-bond donors (Lipinski definition) is 1. The molecule has 0 atom stereocenters. The topological polar surface area (TPSA) is 42.0 Å². The molecular formula is C8H10N2O. The Balaban J connectivity index is 2.74. The van der Waals surface area contributed by atoms with Crippen molar-refractivity contribution in [3.63, 3.8) is 0 Å². The summed E-state index contributed by atoms with van der Waals surface area (Å²) in [6, 6.07) is 3.52. The van der Waals surface area contributed by atoms with Crippen molar-refractivity contribution < 1.29 is 4.79 Å². The van der Waals surface area contributed by atoms with Crippen LogP contribution < -0.4 is 5.32 Å². The van der Waals surface area contributed by atoms with Gasteiger partial charge in [-0.1, -0.05) is 0 Å². The van der Waals surface area contributed by atoms with Gasteiger partial charge in [-0.15, -0.1) is 0 Å². The normalized spacial score (nSPS) is 9.18. The molecule has 0 aromatic carbocycles. The maximum atomic E-state index is 10.2. The molecule has 1 N–H and O–H groups in total. The number of hydrogen-bond acceptors (Lipinski definition) is 3. The molecule has 0 amide bonds. The second-order valence-corrected chi connectivity index (χ2v) is 2.12. The summed E-state index contributed by atoms with van der Waals surface area (Å²) in [4.78, 5) is 14.1. The van der Waals surface area contributed by atoms with Gasteiger partial charge in [-0.2, -0.15) is 0 Å². The van der Waals surface area contributed by atoms with Crippen LogP contribution in [0.25, 0.3) is 0 Å². The van der Waals surface area contributed by atoms with Crippen LogP contribution >= 0.6 is 0 Å². The zero-order valence-electron chi connectivity index (χ0n) is 6.37. The maximum absolute atomic E-state index is 10.2. The third kappa shape index (κ3) is 2.04. The van der Waals surface area contributed by atoms with Crippen molar-refractivity contribution in [2.75, 3.05) is 11.9 Å². The Morgan fingerprint density at radius 3 is 2.91 bits per heavy atom. The molecule has 1 rings (SSSR count). The third-order valence-corrected chi connectivity index (χ3v) is 1.29. The molecule has 3 heteroatoms. The Labute approximate surface area is 65.5 Å². The summed E-state index contributed by atoms with van der Waals surface area (Å²) in [7, 11) is 0. The van der Waals surface area contributed by atoms with Crippen molar-refractivity contribution in [3.05, 3.63) is 24.0 Å². The van der Waals surface area contributed by atoms with Gasteiger partial charge in [-0.25, -0.2) is 0 Å². The predicted molar refractivity (Wildman–Crippen MR) is 43.8 cm³/mol. The second kappa shape index (κ2) is 3.71. The standard InChI is InChI=1S/C8H10N2O/c1-2-9-7-3-4-8(6-11)10-5-7/h3-6,9H,2H2,1H3. The van der Waals surface area contributed by atoms with Gasteiger partial charge in [0.2, 0.25) is 0 Å². The molecule has 0 unspecified atom stereocenters. The van der Waals surface area contributed by atoms with Crippen LogP contribution in [0.15, 0.2) is 18.3 Å². The van der Waals surface area contributed by atoms with E-state index in [-0.39, 0.29) is 0 Å². The summed E-state index contributed by atoms with van der Waals surface area (Å²) in [5, 5.41) is 3.08. The van der Waals surface area contributed by atoms with Gasteiger partial charge >= 0.3 is 0 Å². The zero-order valence-corrected chi connectivity index (χ0v) is 6.37. The number of nitrogens with zero attached hydrogens (tertiary/aromatic N) is 1. The van der Waals surface area contributed by atoms with Crippen molar-refractivity contribution in [3.8, 4) is 0 Å². The predicted octanol–water partition coefficient (Wildman–Crippen LogP) is 1.33. The lowest BCUT2D eigenvalue weighted by Crippen LogP contribution is -1.97. The van der Waals surface area contributed by atoms with Gasteiger partial charge in [0, 0.05) is 6.54 Å². The van der Waals surface area contributed by atoms with E-state index in [1.807, 2.05) is 13.0 Å². The van der Waals surface area contributed by atoms with Crippen molar-refractivity contribution >= 4 is 12.0 Å². The van der Waals surface area contributed by atoms with E-state index in [0.29, 0.717) is 5.69 Å². The highest BCUT2D eigenvalue weighted by Crippen LogP contribution is 2.03. The van der Waals surface area contributed by atoms with Crippen LogP contribution in [0.1, 0.15) is 17.4 Å². The summed E-state index contributed by atoms with van der Waals surface area (Å²) >= 11 is 0. The minimum Gasteiger partial charge on any atom is -0.384 e. The number of aldehydes is 1. The van der Waals surface area contributed by atoms with E-state index < -0.39 is 0 Å². The highest BCUT2D eigenvalue weighted by atomic mass is 16.1. The molecule has 0 saturated carbocycles. The molecule has 0 aliphatic carbocycles. The van der Waals surface area contributed by atoms with Crippen LogP contribution in [0, 0.1) is 0 Å². The first kappa shape index (κ1) is 7.72. The van der Waals surface area contributed by atoms with Crippen molar-refractivity contribution in [2.24, 2.45) is 0 Å². The molecule has 1 heterocycles. The highest BCUT2D eigenvalue weighted by Gasteiger charge is 1.90. The first-order valence-corrected chi connectivity index (χ1v) is 3.52. The molecule has 0 aliphatic rings. The lowest BCUT2D eigenvalue weighted by molar-refractivity contribution is 0.111.